The highest BCUT2D eigenvalue weighted by atomic mass is 16.5. The number of benzene rings is 1. The molecule has 170 valence electrons. The van der Waals surface area contributed by atoms with Crippen LogP contribution in [0.4, 0.5) is 0 Å². The second kappa shape index (κ2) is 12.0. The highest BCUT2D eigenvalue weighted by molar-refractivity contribution is 5.85. The number of ether oxygens (including phenoxy) is 1. The van der Waals surface area contributed by atoms with Gasteiger partial charge in [0.25, 0.3) is 5.89 Å². The van der Waals surface area contributed by atoms with Crippen LogP contribution >= 0.6 is 0 Å². The summed E-state index contributed by atoms with van der Waals surface area (Å²) in [6.07, 6.45) is 16.1. The Morgan fingerprint density at radius 2 is 1.55 bits per heavy atom. The molecule has 0 radical (unpaired) electrons. The molecule has 1 fully saturated rings. The summed E-state index contributed by atoms with van der Waals surface area (Å²) in [7, 11) is 0. The first-order valence-corrected chi connectivity index (χ1v) is 12.3. The molecule has 0 unspecified atom stereocenters. The minimum absolute atomic E-state index is 0.241. The molecule has 5 nitrogen and oxygen atoms in total. The Kier molecular flexibility index (Phi) is 9.11. The highest BCUT2D eigenvalue weighted by Gasteiger charge is 2.56. The first-order valence-electron chi connectivity index (χ1n) is 12.3. The fourth-order valence-electron chi connectivity index (χ4n) is 4.08. The number of rotatable bonds is 15. The van der Waals surface area contributed by atoms with E-state index in [1.165, 1.54) is 69.8 Å². The molecule has 0 amide bonds. The molecule has 0 N–H and O–H groups in total. The Labute approximate surface area is 187 Å². The van der Waals surface area contributed by atoms with Crippen molar-refractivity contribution in [2.45, 2.75) is 103 Å². The van der Waals surface area contributed by atoms with Gasteiger partial charge in [-0.15, -0.1) is 0 Å². The van der Waals surface area contributed by atoms with E-state index in [2.05, 4.69) is 29.2 Å². The third-order valence-electron chi connectivity index (χ3n) is 6.29. The standard InChI is InChI=1S/C26H38N2O3/c1-3-5-6-7-8-9-10-11-12-13-14-21-15-17-22(18-16-21)23-27-24(28-31-23)26(19-20-26)25(29)30-4-2/h15-18H,3-14,19-20H2,1-2H3. The number of hydrogen-bond donors (Lipinski definition) is 0. The van der Waals surface area contributed by atoms with Crippen LogP contribution in [0.1, 0.15) is 102 Å². The van der Waals surface area contributed by atoms with Gasteiger partial charge in [0.05, 0.1) is 6.61 Å². The summed E-state index contributed by atoms with van der Waals surface area (Å²) in [6.45, 7) is 4.45. The lowest BCUT2D eigenvalue weighted by Crippen LogP contribution is -2.24. The monoisotopic (exact) mass is 426 g/mol. The van der Waals surface area contributed by atoms with Gasteiger partial charge in [-0.25, -0.2) is 0 Å². The van der Waals surface area contributed by atoms with E-state index in [9.17, 15) is 4.79 Å². The zero-order chi connectivity index (χ0) is 21.9. The zero-order valence-corrected chi connectivity index (χ0v) is 19.3. The molecule has 1 saturated carbocycles. The molecule has 31 heavy (non-hydrogen) atoms. The molecule has 0 atom stereocenters. The summed E-state index contributed by atoms with van der Waals surface area (Å²) in [5.74, 6) is 0.681. The van der Waals surface area contributed by atoms with Crippen molar-refractivity contribution in [1.29, 1.82) is 0 Å². The van der Waals surface area contributed by atoms with Gasteiger partial charge in [-0.1, -0.05) is 82.0 Å². The van der Waals surface area contributed by atoms with Crippen molar-refractivity contribution in [1.82, 2.24) is 10.1 Å². The quantitative estimate of drug-likeness (QED) is 0.231. The smallest absolute Gasteiger partial charge is 0.319 e. The summed E-state index contributed by atoms with van der Waals surface area (Å²) in [4.78, 5) is 16.7. The molecular weight excluding hydrogens is 388 g/mol. The van der Waals surface area contributed by atoms with Crippen LogP contribution in [-0.2, 0) is 21.4 Å². The topological polar surface area (TPSA) is 65.2 Å². The Balaban J connectivity index is 1.38. The van der Waals surface area contributed by atoms with Crippen molar-refractivity contribution >= 4 is 5.97 Å². The van der Waals surface area contributed by atoms with Crippen LogP contribution in [0.3, 0.4) is 0 Å². The molecular formula is C26H38N2O3. The van der Waals surface area contributed by atoms with Gasteiger partial charge >= 0.3 is 5.97 Å². The van der Waals surface area contributed by atoms with Gasteiger partial charge in [-0.3, -0.25) is 4.79 Å². The third kappa shape index (κ3) is 6.65. The Bertz CT molecular complexity index is 793. The minimum atomic E-state index is -0.687. The normalized spacial score (nSPS) is 14.5. The molecule has 3 rings (SSSR count). The maximum absolute atomic E-state index is 12.2. The van der Waals surface area contributed by atoms with E-state index in [0.717, 1.165) is 24.8 Å². The van der Waals surface area contributed by atoms with Crippen molar-refractivity contribution in [3.8, 4) is 11.5 Å². The molecule has 2 aromatic rings. The maximum atomic E-state index is 12.2. The largest absolute Gasteiger partial charge is 0.465 e. The molecule has 1 aliphatic carbocycles. The van der Waals surface area contributed by atoms with Crippen LogP contribution in [0.2, 0.25) is 0 Å². The van der Waals surface area contributed by atoms with E-state index in [4.69, 9.17) is 9.26 Å². The molecule has 1 heterocycles. The predicted octanol–water partition coefficient (Wildman–Crippen LogP) is 6.79. The lowest BCUT2D eigenvalue weighted by molar-refractivity contribution is -0.146. The van der Waals surface area contributed by atoms with E-state index in [1.807, 2.05) is 19.1 Å². The van der Waals surface area contributed by atoms with Crippen LogP contribution in [0.15, 0.2) is 28.8 Å². The van der Waals surface area contributed by atoms with Crippen molar-refractivity contribution in [3.63, 3.8) is 0 Å². The summed E-state index contributed by atoms with van der Waals surface area (Å²) < 4.78 is 10.6. The lowest BCUT2D eigenvalue weighted by Gasteiger charge is -2.08. The number of nitrogens with zero attached hydrogens (tertiary/aromatic N) is 2. The summed E-state index contributed by atoms with van der Waals surface area (Å²) >= 11 is 0. The van der Waals surface area contributed by atoms with Crippen LogP contribution in [0, 0.1) is 0 Å². The number of aryl methyl sites for hydroxylation is 1. The number of carbonyl (C=O) groups excluding carboxylic acids is 1. The number of carbonyl (C=O) groups is 1. The predicted molar refractivity (Wildman–Crippen MR) is 123 cm³/mol. The molecule has 1 aliphatic rings. The number of unbranched alkanes of at least 4 members (excludes halogenated alkanes) is 9. The van der Waals surface area contributed by atoms with Crippen molar-refractivity contribution in [2.75, 3.05) is 6.61 Å². The van der Waals surface area contributed by atoms with Gasteiger partial charge in [-0.05, 0) is 50.3 Å². The van der Waals surface area contributed by atoms with Crippen LogP contribution in [0.5, 0.6) is 0 Å². The van der Waals surface area contributed by atoms with Gasteiger partial charge < -0.3 is 9.26 Å². The molecule has 5 heteroatoms. The van der Waals surface area contributed by atoms with E-state index in [0.29, 0.717) is 18.3 Å². The molecule has 1 aromatic carbocycles. The Morgan fingerprint density at radius 1 is 0.935 bits per heavy atom. The Morgan fingerprint density at radius 3 is 2.13 bits per heavy atom. The van der Waals surface area contributed by atoms with Crippen LogP contribution in [-0.4, -0.2) is 22.7 Å². The van der Waals surface area contributed by atoms with Gasteiger partial charge in [0.15, 0.2) is 5.82 Å². The first kappa shape index (κ1) is 23.5. The van der Waals surface area contributed by atoms with Gasteiger partial charge in [0.1, 0.15) is 5.41 Å². The van der Waals surface area contributed by atoms with Crippen LogP contribution in [0.25, 0.3) is 11.5 Å². The van der Waals surface area contributed by atoms with E-state index < -0.39 is 5.41 Å². The molecule has 0 bridgehead atoms. The fraction of sp³-hybridized carbons (Fsp3) is 0.654. The molecule has 0 spiro atoms. The fourth-order valence-corrected chi connectivity index (χ4v) is 4.08. The van der Waals surface area contributed by atoms with E-state index >= 15 is 0 Å². The molecule has 1 aromatic heterocycles. The Hall–Kier alpha value is -2.17. The molecule has 0 aliphatic heterocycles. The average Bonchev–Trinajstić information content (AvgIpc) is 3.45. The van der Waals surface area contributed by atoms with Gasteiger partial charge in [0, 0.05) is 5.56 Å². The van der Waals surface area contributed by atoms with Crippen molar-refractivity contribution < 1.29 is 14.1 Å². The van der Waals surface area contributed by atoms with Gasteiger partial charge in [0.2, 0.25) is 0 Å². The summed E-state index contributed by atoms with van der Waals surface area (Å²) in [5, 5.41) is 4.07. The first-order chi connectivity index (χ1) is 15.2. The number of aromatic nitrogens is 2. The third-order valence-corrected chi connectivity index (χ3v) is 6.29. The van der Waals surface area contributed by atoms with Gasteiger partial charge in [-0.2, -0.15) is 4.98 Å². The lowest BCUT2D eigenvalue weighted by atomic mass is 10.0. The molecule has 0 saturated heterocycles. The zero-order valence-electron chi connectivity index (χ0n) is 19.3. The number of esters is 1. The average molecular weight is 427 g/mol. The maximum Gasteiger partial charge on any atom is 0.319 e. The van der Waals surface area contributed by atoms with Crippen LogP contribution < -0.4 is 0 Å². The van der Waals surface area contributed by atoms with E-state index in [-0.39, 0.29) is 5.97 Å². The number of hydrogen-bond acceptors (Lipinski definition) is 5. The minimum Gasteiger partial charge on any atom is -0.465 e. The van der Waals surface area contributed by atoms with E-state index in [1.54, 1.807) is 0 Å². The highest BCUT2D eigenvalue weighted by Crippen LogP contribution is 2.48. The second-order valence-corrected chi connectivity index (χ2v) is 8.85. The van der Waals surface area contributed by atoms with Crippen molar-refractivity contribution in [3.05, 3.63) is 35.7 Å². The SMILES string of the molecule is CCCCCCCCCCCCc1ccc(-c2nc(C3(C(=O)OCC)CC3)no2)cc1. The van der Waals surface area contributed by atoms with Crippen molar-refractivity contribution in [2.24, 2.45) is 0 Å². The summed E-state index contributed by atoms with van der Waals surface area (Å²) in [5.41, 5.74) is 1.55. The second-order valence-electron chi connectivity index (χ2n) is 8.85. The summed E-state index contributed by atoms with van der Waals surface area (Å²) in [6, 6.07) is 8.36.